The minimum absolute atomic E-state index is 0.649. The molecule has 0 atom stereocenters. The number of nitriles is 1. The Balaban J connectivity index is 2.02. The molecule has 0 aliphatic carbocycles. The van der Waals surface area contributed by atoms with Crippen LogP contribution in [0.2, 0.25) is 0 Å². The molecule has 0 bridgehead atoms. The van der Waals surface area contributed by atoms with Crippen LogP contribution in [-0.2, 0) is 0 Å². The van der Waals surface area contributed by atoms with Crippen molar-refractivity contribution < 1.29 is 0 Å². The highest BCUT2D eigenvalue weighted by molar-refractivity contribution is 7.99. The van der Waals surface area contributed by atoms with E-state index in [1.807, 2.05) is 24.3 Å². The molecular weight excluding hydrogens is 242 g/mol. The van der Waals surface area contributed by atoms with E-state index in [-0.39, 0.29) is 0 Å². The molecule has 0 aliphatic heterocycles. The van der Waals surface area contributed by atoms with Crippen LogP contribution in [0, 0.1) is 11.3 Å². The Morgan fingerprint density at radius 1 is 1.17 bits per heavy atom. The summed E-state index contributed by atoms with van der Waals surface area (Å²) in [6.45, 7) is 0. The van der Waals surface area contributed by atoms with E-state index in [4.69, 9.17) is 5.26 Å². The van der Waals surface area contributed by atoms with Gasteiger partial charge in [0.2, 0.25) is 0 Å². The van der Waals surface area contributed by atoms with Crippen molar-refractivity contribution in [2.45, 2.75) is 9.92 Å². The summed E-state index contributed by atoms with van der Waals surface area (Å²) in [5, 5.41) is 10.9. The maximum absolute atomic E-state index is 9.04. The molecule has 0 spiro atoms. The summed E-state index contributed by atoms with van der Waals surface area (Å²) in [5.41, 5.74) is 1.41. The Bertz CT molecular complexity index is 726. The zero-order valence-electron chi connectivity index (χ0n) is 9.42. The van der Waals surface area contributed by atoms with E-state index in [1.165, 1.54) is 0 Å². The second-order valence-corrected chi connectivity index (χ2v) is 4.90. The summed E-state index contributed by atoms with van der Waals surface area (Å²) >= 11 is 1.63. The van der Waals surface area contributed by atoms with Gasteiger partial charge in [0.15, 0.2) is 0 Å². The minimum atomic E-state index is 0.649. The van der Waals surface area contributed by atoms with Crippen molar-refractivity contribution in [2.24, 2.45) is 0 Å². The molecule has 4 heteroatoms. The van der Waals surface area contributed by atoms with E-state index in [9.17, 15) is 0 Å². The molecule has 1 N–H and O–H groups in total. The normalized spacial score (nSPS) is 10.4. The van der Waals surface area contributed by atoms with E-state index < -0.39 is 0 Å². The van der Waals surface area contributed by atoms with Gasteiger partial charge in [-0.15, -0.1) is 0 Å². The van der Waals surface area contributed by atoms with Gasteiger partial charge >= 0.3 is 0 Å². The average Bonchev–Trinajstić information content (AvgIpc) is 2.82. The van der Waals surface area contributed by atoms with Crippen molar-refractivity contribution in [3.63, 3.8) is 0 Å². The molecule has 3 nitrogen and oxygen atoms in total. The molecule has 0 aliphatic rings. The number of hydrogen-bond acceptors (Lipinski definition) is 3. The number of nitrogens with one attached hydrogen (secondary N) is 1. The molecule has 18 heavy (non-hydrogen) atoms. The van der Waals surface area contributed by atoms with E-state index >= 15 is 0 Å². The molecule has 2 aromatic heterocycles. The second kappa shape index (κ2) is 4.55. The van der Waals surface area contributed by atoms with Crippen LogP contribution in [0.15, 0.2) is 58.6 Å². The number of aromatic amines is 1. The van der Waals surface area contributed by atoms with Crippen molar-refractivity contribution in [2.75, 3.05) is 0 Å². The van der Waals surface area contributed by atoms with Crippen LogP contribution in [0.5, 0.6) is 0 Å². The Hall–Kier alpha value is -2.25. The van der Waals surface area contributed by atoms with Crippen LogP contribution < -0.4 is 0 Å². The van der Waals surface area contributed by atoms with Crippen LogP contribution in [-0.4, -0.2) is 9.97 Å². The monoisotopic (exact) mass is 251 g/mol. The summed E-state index contributed by atoms with van der Waals surface area (Å²) in [5.74, 6) is 0. The Kier molecular flexibility index (Phi) is 2.75. The highest BCUT2D eigenvalue weighted by Crippen LogP contribution is 2.29. The summed E-state index contributed by atoms with van der Waals surface area (Å²) < 4.78 is 0. The second-order valence-electron chi connectivity index (χ2n) is 3.78. The van der Waals surface area contributed by atoms with Gasteiger partial charge in [-0.1, -0.05) is 30.0 Å². The maximum Gasteiger partial charge on any atom is 0.139 e. The molecule has 86 valence electrons. The number of rotatable bonds is 2. The van der Waals surface area contributed by atoms with Crippen molar-refractivity contribution in [3.05, 3.63) is 54.2 Å². The summed E-state index contributed by atoms with van der Waals surface area (Å²) in [6, 6.07) is 16.0. The van der Waals surface area contributed by atoms with Gasteiger partial charge < -0.3 is 4.98 Å². The fourth-order valence-corrected chi connectivity index (χ4v) is 2.64. The lowest BCUT2D eigenvalue weighted by Crippen LogP contribution is -1.79. The van der Waals surface area contributed by atoms with Gasteiger partial charge in [-0.25, -0.2) is 4.98 Å². The highest BCUT2D eigenvalue weighted by Gasteiger charge is 2.07. The zero-order valence-corrected chi connectivity index (χ0v) is 10.2. The van der Waals surface area contributed by atoms with Gasteiger partial charge in [0, 0.05) is 16.5 Å². The molecule has 0 fully saturated rings. The molecule has 0 amide bonds. The summed E-state index contributed by atoms with van der Waals surface area (Å²) in [6.07, 6.45) is 1.65. The lowest BCUT2D eigenvalue weighted by atomic mass is 10.2. The quantitative estimate of drug-likeness (QED) is 0.757. The number of pyridine rings is 1. The Morgan fingerprint density at radius 3 is 2.78 bits per heavy atom. The first-order valence-corrected chi connectivity index (χ1v) is 6.29. The van der Waals surface area contributed by atoms with Gasteiger partial charge in [0.05, 0.1) is 16.7 Å². The molecule has 0 saturated heterocycles. The van der Waals surface area contributed by atoms with Crippen LogP contribution >= 0.6 is 11.8 Å². The standard InChI is InChI=1S/C14H9N3S/c15-9-10-6-7-16-14-12(10)8-13(17-14)18-11-4-2-1-3-5-11/h1-8H,(H,16,17). The summed E-state index contributed by atoms with van der Waals surface area (Å²) in [7, 11) is 0. The first kappa shape index (κ1) is 10.9. The van der Waals surface area contributed by atoms with Crippen molar-refractivity contribution in [1.82, 2.24) is 9.97 Å². The third-order valence-corrected chi connectivity index (χ3v) is 3.55. The van der Waals surface area contributed by atoms with Crippen molar-refractivity contribution >= 4 is 22.8 Å². The Morgan fingerprint density at radius 2 is 2.00 bits per heavy atom. The molecule has 3 aromatic rings. The largest absolute Gasteiger partial charge is 0.334 e. The molecule has 3 rings (SSSR count). The predicted octanol–water partition coefficient (Wildman–Crippen LogP) is 3.59. The SMILES string of the molecule is N#Cc1ccnc2[nH]c(Sc3ccccc3)cc12. The Labute approximate surface area is 108 Å². The van der Waals surface area contributed by atoms with Gasteiger partial charge in [-0.3, -0.25) is 0 Å². The van der Waals surface area contributed by atoms with Gasteiger partial charge in [-0.05, 0) is 24.3 Å². The minimum Gasteiger partial charge on any atom is -0.334 e. The first-order valence-electron chi connectivity index (χ1n) is 5.47. The highest BCUT2D eigenvalue weighted by atomic mass is 32.2. The molecule has 0 unspecified atom stereocenters. The van der Waals surface area contributed by atoms with Crippen LogP contribution in [0.1, 0.15) is 5.56 Å². The number of H-pyrrole nitrogens is 1. The molecule has 2 heterocycles. The lowest BCUT2D eigenvalue weighted by Gasteiger charge is -1.96. The predicted molar refractivity (Wildman–Crippen MR) is 71.4 cm³/mol. The van der Waals surface area contributed by atoms with E-state index in [1.54, 1.807) is 24.0 Å². The fraction of sp³-hybridized carbons (Fsp3) is 0. The molecule has 1 aromatic carbocycles. The van der Waals surface area contributed by atoms with Crippen LogP contribution in [0.3, 0.4) is 0 Å². The van der Waals surface area contributed by atoms with Crippen molar-refractivity contribution in [1.29, 1.82) is 5.26 Å². The van der Waals surface area contributed by atoms with Gasteiger partial charge in [0.1, 0.15) is 5.65 Å². The van der Waals surface area contributed by atoms with Gasteiger partial charge in [0.25, 0.3) is 0 Å². The number of fused-ring (bicyclic) bond motifs is 1. The zero-order chi connectivity index (χ0) is 12.4. The number of hydrogen-bond donors (Lipinski definition) is 1. The molecule has 0 saturated carbocycles. The number of nitrogens with zero attached hydrogens (tertiary/aromatic N) is 2. The molecule has 0 radical (unpaired) electrons. The fourth-order valence-electron chi connectivity index (χ4n) is 1.77. The average molecular weight is 251 g/mol. The van der Waals surface area contributed by atoms with E-state index in [0.29, 0.717) is 5.56 Å². The van der Waals surface area contributed by atoms with Crippen molar-refractivity contribution in [3.8, 4) is 6.07 Å². The van der Waals surface area contributed by atoms with Crippen LogP contribution in [0.25, 0.3) is 11.0 Å². The number of aromatic nitrogens is 2. The van der Waals surface area contributed by atoms with Crippen LogP contribution in [0.4, 0.5) is 0 Å². The maximum atomic E-state index is 9.04. The third kappa shape index (κ3) is 1.96. The topological polar surface area (TPSA) is 52.5 Å². The van der Waals surface area contributed by atoms with Gasteiger partial charge in [-0.2, -0.15) is 5.26 Å². The lowest BCUT2D eigenvalue weighted by molar-refractivity contribution is 1.19. The third-order valence-electron chi connectivity index (χ3n) is 2.60. The number of benzene rings is 1. The first-order chi connectivity index (χ1) is 8.86. The van der Waals surface area contributed by atoms with E-state index in [2.05, 4.69) is 28.2 Å². The molecular formula is C14H9N3S. The van der Waals surface area contributed by atoms with E-state index in [0.717, 1.165) is 21.0 Å². The summed E-state index contributed by atoms with van der Waals surface area (Å²) in [4.78, 5) is 8.61. The smallest absolute Gasteiger partial charge is 0.139 e.